The van der Waals surface area contributed by atoms with Crippen molar-refractivity contribution in [2.75, 3.05) is 20.3 Å². The van der Waals surface area contributed by atoms with Gasteiger partial charge in [0.2, 0.25) is 0 Å². The number of aliphatic hydroxyl groups is 5. The molecule has 15 atom stereocenters. The Morgan fingerprint density at radius 3 is 2.35 bits per heavy atom. The van der Waals surface area contributed by atoms with Gasteiger partial charge in [-0.1, -0.05) is 0 Å². The van der Waals surface area contributed by atoms with Crippen molar-refractivity contribution in [1.29, 1.82) is 0 Å². The lowest BCUT2D eigenvalue weighted by atomic mass is 9.81. The van der Waals surface area contributed by atoms with Crippen molar-refractivity contribution in [2.45, 2.75) is 117 Å². The van der Waals surface area contributed by atoms with Crippen LogP contribution in [0.15, 0.2) is 0 Å². The zero-order valence-electron chi connectivity index (χ0n) is 20.9. The molecule has 8 unspecified atom stereocenters. The molecule has 1 aliphatic carbocycles. The summed E-state index contributed by atoms with van der Waals surface area (Å²) in [7, 11) is 1.63. The van der Waals surface area contributed by atoms with Gasteiger partial charge in [-0.15, -0.1) is 0 Å². The maximum Gasteiger partial charge on any atom is 0.178 e. The first kappa shape index (κ1) is 29.4. The number of aliphatic hydroxyl groups excluding tert-OH is 5. The van der Waals surface area contributed by atoms with Gasteiger partial charge < -0.3 is 77.5 Å². The Kier molecular flexibility index (Phi) is 9.43. The molecule has 1 saturated carbocycles. The molecular formula is C22H43N5O10. The third kappa shape index (κ3) is 5.82. The minimum absolute atomic E-state index is 0.0654. The monoisotopic (exact) mass is 537 g/mol. The summed E-state index contributed by atoms with van der Waals surface area (Å²) in [5, 5.41) is 54.8. The molecule has 0 radical (unpaired) electrons. The van der Waals surface area contributed by atoms with E-state index in [0.29, 0.717) is 12.8 Å². The van der Waals surface area contributed by atoms with Gasteiger partial charge in [-0.05, 0) is 26.3 Å². The fourth-order valence-corrected chi connectivity index (χ4v) is 5.65. The van der Waals surface area contributed by atoms with Crippen molar-refractivity contribution in [3.8, 4) is 0 Å². The van der Waals surface area contributed by atoms with Crippen molar-refractivity contribution in [3.63, 3.8) is 0 Å². The van der Waals surface area contributed by atoms with Crippen molar-refractivity contribution in [2.24, 2.45) is 22.9 Å². The predicted octanol–water partition coefficient (Wildman–Crippen LogP) is -5.53. The molecule has 15 nitrogen and oxygen atoms in total. The highest BCUT2D eigenvalue weighted by Gasteiger charge is 2.56. The van der Waals surface area contributed by atoms with E-state index in [0.717, 1.165) is 0 Å². The van der Waals surface area contributed by atoms with E-state index in [1.165, 1.54) is 0 Å². The van der Waals surface area contributed by atoms with Crippen LogP contribution in [-0.4, -0.2) is 137 Å². The molecule has 0 aromatic rings. The number of nitrogens with two attached hydrogens (primary N) is 4. The highest BCUT2D eigenvalue weighted by Crippen LogP contribution is 2.39. The van der Waals surface area contributed by atoms with Crippen LogP contribution in [0, 0.1) is 0 Å². The van der Waals surface area contributed by atoms with Crippen LogP contribution in [-0.2, 0) is 23.7 Å². The number of nitrogens with one attached hydrogen (secondary N) is 1. The first-order valence-electron chi connectivity index (χ1n) is 12.8. The number of hydrogen-bond donors (Lipinski definition) is 10. The van der Waals surface area contributed by atoms with Gasteiger partial charge in [0.05, 0.1) is 43.5 Å². The minimum Gasteiger partial charge on any atom is -0.394 e. The van der Waals surface area contributed by atoms with Crippen molar-refractivity contribution in [1.82, 2.24) is 5.32 Å². The van der Waals surface area contributed by atoms with Crippen LogP contribution in [0.3, 0.4) is 0 Å². The quantitative estimate of drug-likeness (QED) is 0.151. The largest absolute Gasteiger partial charge is 0.394 e. The van der Waals surface area contributed by atoms with Crippen LogP contribution in [0.25, 0.3) is 0 Å². The molecule has 4 fully saturated rings. The lowest BCUT2D eigenvalue weighted by molar-refractivity contribution is -0.363. The molecule has 3 saturated heterocycles. The Balaban J connectivity index is 1.43. The number of likely N-dealkylation sites (N-methyl/N-ethyl adjacent to an activating group) is 1. The predicted molar refractivity (Wildman–Crippen MR) is 126 cm³/mol. The van der Waals surface area contributed by atoms with Crippen LogP contribution in [0.1, 0.15) is 25.7 Å². The summed E-state index contributed by atoms with van der Waals surface area (Å²) in [6.45, 7) is -0.461. The smallest absolute Gasteiger partial charge is 0.178 e. The van der Waals surface area contributed by atoms with Gasteiger partial charge in [0, 0.05) is 18.5 Å². The van der Waals surface area contributed by atoms with Gasteiger partial charge >= 0.3 is 0 Å². The van der Waals surface area contributed by atoms with Crippen molar-refractivity contribution in [3.05, 3.63) is 0 Å². The van der Waals surface area contributed by atoms with E-state index in [2.05, 4.69) is 5.32 Å². The molecule has 3 heterocycles. The van der Waals surface area contributed by atoms with Gasteiger partial charge in [0.1, 0.15) is 30.0 Å². The molecule has 14 N–H and O–H groups in total. The standard InChI is InChI=1S/C22H43N5O10/c1-27-15-19(32)22(7-33-21(15)35-13-5-11(29)14(26)12(6-28)34-13)3-2-8(23)20(37-22)36-18-10(25)4-9(24)16(30)17(18)31/h8-21,27-32H,2-7,23-26H2,1H3/t8?,9-,10?,11-,12?,13-,14+,15?,16?,17-,18-,19?,20+,21?,22?/m1/s1. The van der Waals surface area contributed by atoms with Gasteiger partial charge in [0.25, 0.3) is 0 Å². The molecule has 1 spiro atoms. The number of hydrogen-bond acceptors (Lipinski definition) is 15. The summed E-state index contributed by atoms with van der Waals surface area (Å²) in [5.41, 5.74) is 22.9. The van der Waals surface area contributed by atoms with Crippen LogP contribution in [0.4, 0.5) is 0 Å². The van der Waals surface area contributed by atoms with E-state index in [1.807, 2.05) is 0 Å². The molecule has 0 aromatic carbocycles. The molecule has 4 rings (SSSR count). The summed E-state index contributed by atoms with van der Waals surface area (Å²) in [5.74, 6) is 0. The normalized spacial score (nSPS) is 53.4. The second-order valence-corrected chi connectivity index (χ2v) is 10.6. The lowest BCUT2D eigenvalue weighted by Gasteiger charge is -2.53. The van der Waals surface area contributed by atoms with E-state index in [4.69, 9.17) is 46.6 Å². The number of ether oxygens (including phenoxy) is 5. The molecule has 37 heavy (non-hydrogen) atoms. The van der Waals surface area contributed by atoms with Crippen molar-refractivity contribution >= 4 is 0 Å². The second-order valence-electron chi connectivity index (χ2n) is 10.6. The molecule has 216 valence electrons. The molecule has 0 aromatic heterocycles. The van der Waals surface area contributed by atoms with Gasteiger partial charge in [-0.2, -0.15) is 0 Å². The van der Waals surface area contributed by atoms with E-state index in [-0.39, 0.29) is 26.1 Å². The van der Waals surface area contributed by atoms with Crippen LogP contribution in [0.2, 0.25) is 0 Å². The van der Waals surface area contributed by atoms with E-state index < -0.39 is 91.3 Å². The van der Waals surface area contributed by atoms with Crippen molar-refractivity contribution < 1.29 is 49.2 Å². The fraction of sp³-hybridized carbons (Fsp3) is 1.00. The third-order valence-electron chi connectivity index (χ3n) is 8.08. The molecule has 3 aliphatic heterocycles. The maximum absolute atomic E-state index is 11.4. The van der Waals surface area contributed by atoms with Gasteiger partial charge in [-0.25, -0.2) is 0 Å². The highest BCUT2D eigenvalue weighted by atomic mass is 16.8. The Morgan fingerprint density at radius 1 is 0.946 bits per heavy atom. The third-order valence-corrected chi connectivity index (χ3v) is 8.08. The van der Waals surface area contributed by atoms with Crippen LogP contribution in [0.5, 0.6) is 0 Å². The molecule has 15 heteroatoms. The minimum atomic E-state index is -1.33. The number of rotatable bonds is 6. The zero-order valence-corrected chi connectivity index (χ0v) is 20.9. The summed E-state index contributed by atoms with van der Waals surface area (Å²) in [6, 6.07) is -3.44. The van der Waals surface area contributed by atoms with Crippen LogP contribution < -0.4 is 28.3 Å². The topological polar surface area (TPSA) is 263 Å². The SMILES string of the molecule is CNC1C(O[C@@H]2C[C@@H](O)[C@H](N)C(CO)O2)OCC2(CCC(N)[C@@H](O[C@@H]3C(N)C[C@@H](N)C(O)[C@H]3O)O2)C1O. The lowest BCUT2D eigenvalue weighted by Crippen LogP contribution is -2.71. The van der Waals surface area contributed by atoms with Gasteiger partial charge in [0.15, 0.2) is 18.9 Å². The zero-order chi connectivity index (χ0) is 27.1. The first-order chi connectivity index (χ1) is 17.5. The molecule has 0 bridgehead atoms. The van der Waals surface area contributed by atoms with E-state index in [1.54, 1.807) is 7.05 Å². The maximum atomic E-state index is 11.4. The Labute approximate surface area is 215 Å². The Morgan fingerprint density at radius 2 is 1.68 bits per heavy atom. The second kappa shape index (κ2) is 11.9. The Hall–Kier alpha value is -0.600. The fourth-order valence-electron chi connectivity index (χ4n) is 5.65. The van der Waals surface area contributed by atoms with Crippen LogP contribution >= 0.6 is 0 Å². The molecule has 4 aliphatic rings. The van der Waals surface area contributed by atoms with E-state index in [9.17, 15) is 25.5 Å². The van der Waals surface area contributed by atoms with E-state index >= 15 is 0 Å². The summed E-state index contributed by atoms with van der Waals surface area (Å²) in [4.78, 5) is 0. The highest BCUT2D eigenvalue weighted by molar-refractivity contribution is 5.04. The Bertz CT molecular complexity index is 759. The summed E-state index contributed by atoms with van der Waals surface area (Å²) >= 11 is 0. The summed E-state index contributed by atoms with van der Waals surface area (Å²) in [6.07, 6.45) is -8.26. The first-order valence-corrected chi connectivity index (χ1v) is 12.8. The average molecular weight is 538 g/mol. The molecular weight excluding hydrogens is 494 g/mol. The average Bonchev–Trinajstić information content (AvgIpc) is 2.87. The summed E-state index contributed by atoms with van der Waals surface area (Å²) < 4.78 is 29.8. The molecule has 0 amide bonds. The van der Waals surface area contributed by atoms with Gasteiger partial charge in [-0.3, -0.25) is 0 Å².